The van der Waals surface area contributed by atoms with Gasteiger partial charge in [-0.25, -0.2) is 0 Å². The zero-order valence-electron chi connectivity index (χ0n) is 17.5. The summed E-state index contributed by atoms with van der Waals surface area (Å²) in [5.74, 6) is 0. The minimum absolute atomic E-state index is 0.118. The van der Waals surface area contributed by atoms with E-state index in [1.807, 2.05) is 13.8 Å². The molecule has 0 radical (unpaired) electrons. The summed E-state index contributed by atoms with van der Waals surface area (Å²) in [5, 5.41) is 19.7. The maximum atomic E-state index is 9.86. The Kier molecular flexibility index (Phi) is 7.21. The first kappa shape index (κ1) is 21.1. The van der Waals surface area contributed by atoms with Crippen LogP contribution in [-0.2, 0) is 4.74 Å². The SMILES string of the molecule is CC(C)(O)CCOC1CCC2(CCC/C(=C/C=C3\CCCC(O)C3)C2)CC1. The lowest BCUT2D eigenvalue weighted by Gasteiger charge is -2.43. The predicted octanol–water partition coefficient (Wildman–Crippen LogP) is 5.45. The van der Waals surface area contributed by atoms with Crippen molar-refractivity contribution in [2.45, 2.75) is 115 Å². The second-order valence-corrected chi connectivity index (χ2v) is 10.1. The minimum atomic E-state index is -0.623. The van der Waals surface area contributed by atoms with Gasteiger partial charge in [0.05, 0.1) is 17.8 Å². The van der Waals surface area contributed by atoms with Gasteiger partial charge in [0, 0.05) is 6.61 Å². The summed E-state index contributed by atoms with van der Waals surface area (Å²) < 4.78 is 6.05. The molecule has 3 saturated carbocycles. The van der Waals surface area contributed by atoms with Crippen LogP contribution < -0.4 is 0 Å². The van der Waals surface area contributed by atoms with Crippen LogP contribution in [0.15, 0.2) is 23.3 Å². The fourth-order valence-corrected chi connectivity index (χ4v) is 5.22. The fourth-order valence-electron chi connectivity index (χ4n) is 5.22. The molecule has 0 heterocycles. The van der Waals surface area contributed by atoms with Gasteiger partial charge < -0.3 is 14.9 Å². The van der Waals surface area contributed by atoms with E-state index in [0.29, 0.717) is 24.5 Å². The molecule has 2 N–H and O–H groups in total. The molecule has 3 rings (SSSR count). The summed E-state index contributed by atoms with van der Waals surface area (Å²) in [6.45, 7) is 4.38. The highest BCUT2D eigenvalue weighted by atomic mass is 16.5. The zero-order chi connectivity index (χ0) is 19.3. The number of hydrogen-bond acceptors (Lipinski definition) is 3. The zero-order valence-corrected chi connectivity index (χ0v) is 17.5. The quantitative estimate of drug-likeness (QED) is 0.670. The standard InChI is InChI=1S/C24H40O3/c1-23(2,26)15-16-27-22-10-13-24(14-11-22)12-4-6-20(18-24)9-8-19-5-3-7-21(25)17-19/h8-9,21-22,25-26H,3-7,10-18H2,1-2H3/b19-8+,20-9-. The molecule has 3 nitrogen and oxygen atoms in total. The van der Waals surface area contributed by atoms with Crippen LogP contribution in [0.3, 0.4) is 0 Å². The van der Waals surface area contributed by atoms with Gasteiger partial charge in [-0.2, -0.15) is 0 Å². The van der Waals surface area contributed by atoms with E-state index >= 15 is 0 Å². The lowest BCUT2D eigenvalue weighted by Crippen LogP contribution is -2.34. The van der Waals surface area contributed by atoms with Crippen molar-refractivity contribution in [2.24, 2.45) is 5.41 Å². The topological polar surface area (TPSA) is 49.7 Å². The fraction of sp³-hybridized carbons (Fsp3) is 0.833. The average Bonchev–Trinajstić information content (AvgIpc) is 2.61. The molecule has 1 atom stereocenters. The second-order valence-electron chi connectivity index (χ2n) is 10.1. The highest BCUT2D eigenvalue weighted by Gasteiger charge is 2.37. The van der Waals surface area contributed by atoms with Crippen LogP contribution >= 0.6 is 0 Å². The van der Waals surface area contributed by atoms with Crippen LogP contribution in [0, 0.1) is 5.41 Å². The summed E-state index contributed by atoms with van der Waals surface area (Å²) in [6, 6.07) is 0. The summed E-state index contributed by atoms with van der Waals surface area (Å²) in [5.41, 5.74) is 2.94. The molecule has 3 heteroatoms. The molecule has 0 aromatic rings. The predicted molar refractivity (Wildman–Crippen MR) is 111 cm³/mol. The number of aliphatic hydroxyl groups excluding tert-OH is 1. The lowest BCUT2D eigenvalue weighted by atomic mass is 9.63. The molecule has 3 aliphatic rings. The summed E-state index contributed by atoms with van der Waals surface area (Å²) in [7, 11) is 0. The monoisotopic (exact) mass is 376 g/mol. The van der Waals surface area contributed by atoms with E-state index in [4.69, 9.17) is 4.74 Å². The molecular formula is C24H40O3. The van der Waals surface area contributed by atoms with Gasteiger partial charge in [-0.3, -0.25) is 0 Å². The normalized spacial score (nSPS) is 35.9. The van der Waals surface area contributed by atoms with E-state index < -0.39 is 5.60 Å². The molecule has 154 valence electrons. The van der Waals surface area contributed by atoms with Crippen molar-refractivity contribution in [3.8, 4) is 0 Å². The van der Waals surface area contributed by atoms with Gasteiger partial charge in [0.2, 0.25) is 0 Å². The van der Waals surface area contributed by atoms with E-state index in [2.05, 4.69) is 12.2 Å². The van der Waals surface area contributed by atoms with Gasteiger partial charge in [0.25, 0.3) is 0 Å². The van der Waals surface area contributed by atoms with Crippen molar-refractivity contribution in [1.82, 2.24) is 0 Å². The Hall–Kier alpha value is -0.640. The first-order valence-electron chi connectivity index (χ1n) is 11.2. The smallest absolute Gasteiger partial charge is 0.0613 e. The van der Waals surface area contributed by atoms with E-state index in [-0.39, 0.29) is 6.10 Å². The van der Waals surface area contributed by atoms with Crippen LogP contribution in [0.1, 0.15) is 97.3 Å². The molecular weight excluding hydrogens is 336 g/mol. The van der Waals surface area contributed by atoms with Crippen molar-refractivity contribution >= 4 is 0 Å². The van der Waals surface area contributed by atoms with Gasteiger partial charge >= 0.3 is 0 Å². The number of allylic oxidation sites excluding steroid dienone is 3. The van der Waals surface area contributed by atoms with Crippen LogP contribution in [-0.4, -0.2) is 34.6 Å². The highest BCUT2D eigenvalue weighted by molar-refractivity contribution is 5.22. The molecule has 0 saturated heterocycles. The Morgan fingerprint density at radius 2 is 1.74 bits per heavy atom. The summed E-state index contributed by atoms with van der Waals surface area (Å²) in [4.78, 5) is 0. The summed E-state index contributed by atoms with van der Waals surface area (Å²) >= 11 is 0. The second kappa shape index (κ2) is 9.24. The molecule has 1 unspecified atom stereocenters. The van der Waals surface area contributed by atoms with E-state index in [0.717, 1.165) is 25.7 Å². The number of rotatable bonds is 5. The molecule has 1 spiro atoms. The lowest BCUT2D eigenvalue weighted by molar-refractivity contribution is -0.0341. The Morgan fingerprint density at radius 3 is 2.44 bits per heavy atom. The van der Waals surface area contributed by atoms with E-state index in [1.54, 1.807) is 5.57 Å². The van der Waals surface area contributed by atoms with Gasteiger partial charge in [-0.15, -0.1) is 0 Å². The maximum Gasteiger partial charge on any atom is 0.0613 e. The third-order valence-corrected chi connectivity index (χ3v) is 6.96. The Morgan fingerprint density at radius 1 is 1.04 bits per heavy atom. The molecule has 0 bridgehead atoms. The van der Waals surface area contributed by atoms with Crippen molar-refractivity contribution in [3.05, 3.63) is 23.3 Å². The van der Waals surface area contributed by atoms with Gasteiger partial charge in [-0.05, 0) is 103 Å². The number of ether oxygens (including phenoxy) is 1. The summed E-state index contributed by atoms with van der Waals surface area (Å²) in [6.07, 6.45) is 19.9. The molecule has 3 aliphatic carbocycles. The van der Waals surface area contributed by atoms with Gasteiger partial charge in [-0.1, -0.05) is 23.3 Å². The van der Waals surface area contributed by atoms with Crippen molar-refractivity contribution in [3.63, 3.8) is 0 Å². The van der Waals surface area contributed by atoms with E-state index in [1.165, 1.54) is 56.9 Å². The third kappa shape index (κ3) is 6.73. The van der Waals surface area contributed by atoms with Crippen LogP contribution in [0.4, 0.5) is 0 Å². The van der Waals surface area contributed by atoms with Gasteiger partial charge in [0.1, 0.15) is 0 Å². The van der Waals surface area contributed by atoms with E-state index in [9.17, 15) is 10.2 Å². The molecule has 27 heavy (non-hydrogen) atoms. The Labute approximate surface area is 165 Å². The molecule has 3 fully saturated rings. The molecule has 0 aromatic heterocycles. The molecule has 0 aliphatic heterocycles. The highest BCUT2D eigenvalue weighted by Crippen LogP contribution is 2.49. The molecule has 0 amide bonds. The largest absolute Gasteiger partial charge is 0.393 e. The number of aliphatic hydroxyl groups is 2. The molecule has 0 aromatic carbocycles. The minimum Gasteiger partial charge on any atom is -0.393 e. The van der Waals surface area contributed by atoms with Crippen LogP contribution in [0.5, 0.6) is 0 Å². The van der Waals surface area contributed by atoms with Crippen molar-refractivity contribution in [2.75, 3.05) is 6.61 Å². The Bertz CT molecular complexity index is 532. The van der Waals surface area contributed by atoms with Gasteiger partial charge in [0.15, 0.2) is 0 Å². The first-order valence-corrected chi connectivity index (χ1v) is 11.2. The average molecular weight is 377 g/mol. The Balaban J connectivity index is 1.48. The van der Waals surface area contributed by atoms with Crippen LogP contribution in [0.25, 0.3) is 0 Å². The first-order chi connectivity index (χ1) is 12.8. The third-order valence-electron chi connectivity index (χ3n) is 6.96. The maximum absolute atomic E-state index is 9.86. The van der Waals surface area contributed by atoms with Crippen molar-refractivity contribution < 1.29 is 14.9 Å². The van der Waals surface area contributed by atoms with Crippen LogP contribution in [0.2, 0.25) is 0 Å². The number of hydrogen-bond donors (Lipinski definition) is 2. The van der Waals surface area contributed by atoms with Crippen molar-refractivity contribution in [1.29, 1.82) is 0 Å².